The quantitative estimate of drug-likeness (QED) is 0.434. The lowest BCUT2D eigenvalue weighted by atomic mass is 10.0. The van der Waals surface area contributed by atoms with Crippen molar-refractivity contribution >= 4 is 11.6 Å². The van der Waals surface area contributed by atoms with Crippen LogP contribution in [0, 0.1) is 10.1 Å². The Bertz CT molecular complexity index is 463. The van der Waals surface area contributed by atoms with E-state index in [1.807, 2.05) is 14.0 Å². The number of nitro benzene ring substituents is 1. The van der Waals surface area contributed by atoms with E-state index in [2.05, 4.69) is 10.6 Å². The summed E-state index contributed by atoms with van der Waals surface area (Å²) in [5.74, 6) is -0.0291. The van der Waals surface area contributed by atoms with Crippen LogP contribution in [0.15, 0.2) is 24.3 Å². The van der Waals surface area contributed by atoms with Crippen LogP contribution in [0.3, 0.4) is 0 Å². The second kappa shape index (κ2) is 8.27. The van der Waals surface area contributed by atoms with Gasteiger partial charge in [-0.3, -0.25) is 14.9 Å². The minimum Gasteiger partial charge on any atom is -0.349 e. The van der Waals surface area contributed by atoms with Crippen LogP contribution in [0.5, 0.6) is 0 Å². The molecule has 2 N–H and O–H groups in total. The summed E-state index contributed by atoms with van der Waals surface area (Å²) in [7, 11) is 1.84. The van der Waals surface area contributed by atoms with E-state index in [-0.39, 0.29) is 17.6 Å². The van der Waals surface area contributed by atoms with E-state index in [1.54, 1.807) is 12.1 Å². The highest BCUT2D eigenvalue weighted by Crippen LogP contribution is 2.21. The fraction of sp³-hybridized carbons (Fsp3) is 0.500. The molecule has 0 aromatic heterocycles. The molecule has 0 aliphatic heterocycles. The van der Waals surface area contributed by atoms with E-state index < -0.39 is 4.92 Å². The second-order valence-electron chi connectivity index (χ2n) is 4.59. The Morgan fingerprint density at radius 2 is 2.20 bits per heavy atom. The highest BCUT2D eigenvalue weighted by atomic mass is 16.6. The van der Waals surface area contributed by atoms with Crippen molar-refractivity contribution in [2.45, 2.75) is 32.2 Å². The number of nitrogens with zero attached hydrogens (tertiary/aromatic N) is 1. The molecule has 0 bridgehead atoms. The molecule has 1 rings (SSSR count). The summed E-state index contributed by atoms with van der Waals surface area (Å²) < 4.78 is 0. The van der Waals surface area contributed by atoms with Crippen LogP contribution < -0.4 is 10.6 Å². The lowest BCUT2D eigenvalue weighted by Crippen LogP contribution is -2.28. The van der Waals surface area contributed by atoms with Crippen molar-refractivity contribution in [1.29, 1.82) is 0 Å². The summed E-state index contributed by atoms with van der Waals surface area (Å²) in [6.07, 6.45) is 1.92. The molecule has 1 atom stereocenters. The number of hydrogen-bond donors (Lipinski definition) is 2. The molecular weight excluding hydrogens is 258 g/mol. The van der Waals surface area contributed by atoms with Gasteiger partial charge in [-0.05, 0) is 32.0 Å². The average molecular weight is 279 g/mol. The number of carbonyl (C=O) groups is 1. The van der Waals surface area contributed by atoms with Gasteiger partial charge in [-0.25, -0.2) is 0 Å². The van der Waals surface area contributed by atoms with Gasteiger partial charge < -0.3 is 10.6 Å². The fourth-order valence-electron chi connectivity index (χ4n) is 1.97. The Kier molecular flexibility index (Phi) is 6.66. The number of rotatable bonds is 8. The maximum atomic E-state index is 11.8. The molecule has 1 unspecified atom stereocenters. The molecule has 0 aliphatic carbocycles. The van der Waals surface area contributed by atoms with E-state index in [1.165, 1.54) is 12.1 Å². The smallest absolute Gasteiger partial charge is 0.269 e. The Morgan fingerprint density at radius 1 is 1.45 bits per heavy atom. The van der Waals surface area contributed by atoms with Gasteiger partial charge in [-0.1, -0.05) is 19.1 Å². The zero-order valence-corrected chi connectivity index (χ0v) is 11.9. The Morgan fingerprint density at radius 3 is 2.80 bits per heavy atom. The Balaban J connectivity index is 2.68. The van der Waals surface area contributed by atoms with E-state index >= 15 is 0 Å². The number of nitro groups is 1. The lowest BCUT2D eigenvalue weighted by Gasteiger charge is -2.17. The summed E-state index contributed by atoms with van der Waals surface area (Å²) in [6, 6.07) is 6.22. The standard InChI is InChI=1S/C14H21N3O3/c1-3-13(16-14(18)8-5-9-15-2)11-6-4-7-12(10-11)17(19)20/h4,6-7,10,13,15H,3,5,8-9H2,1-2H3,(H,16,18). The van der Waals surface area contributed by atoms with Crippen LogP contribution in [-0.4, -0.2) is 24.4 Å². The molecule has 0 aliphatic rings. The zero-order chi connectivity index (χ0) is 15.0. The van der Waals surface area contributed by atoms with Crippen molar-refractivity contribution in [2.75, 3.05) is 13.6 Å². The van der Waals surface area contributed by atoms with Crippen molar-refractivity contribution < 1.29 is 9.72 Å². The van der Waals surface area contributed by atoms with Crippen molar-refractivity contribution in [3.05, 3.63) is 39.9 Å². The molecule has 20 heavy (non-hydrogen) atoms. The third kappa shape index (κ3) is 4.97. The number of hydrogen-bond acceptors (Lipinski definition) is 4. The van der Waals surface area contributed by atoms with Gasteiger partial charge in [0.2, 0.25) is 5.91 Å². The van der Waals surface area contributed by atoms with Crippen LogP contribution in [0.2, 0.25) is 0 Å². The van der Waals surface area contributed by atoms with E-state index in [4.69, 9.17) is 0 Å². The number of non-ortho nitro benzene ring substituents is 1. The van der Waals surface area contributed by atoms with Crippen LogP contribution in [0.4, 0.5) is 5.69 Å². The highest BCUT2D eigenvalue weighted by Gasteiger charge is 2.15. The minimum atomic E-state index is -0.426. The molecule has 0 spiro atoms. The minimum absolute atomic E-state index is 0.0291. The van der Waals surface area contributed by atoms with Gasteiger partial charge in [0.1, 0.15) is 0 Å². The molecule has 1 amide bonds. The summed E-state index contributed by atoms with van der Waals surface area (Å²) >= 11 is 0. The molecule has 0 fully saturated rings. The first-order valence-electron chi connectivity index (χ1n) is 6.76. The summed E-state index contributed by atoms with van der Waals surface area (Å²) in [6.45, 7) is 2.73. The highest BCUT2D eigenvalue weighted by molar-refractivity contribution is 5.76. The van der Waals surface area contributed by atoms with E-state index in [0.29, 0.717) is 12.8 Å². The maximum Gasteiger partial charge on any atom is 0.269 e. The predicted octanol–water partition coefficient (Wildman–Crippen LogP) is 2.16. The number of amides is 1. The molecule has 110 valence electrons. The normalized spacial score (nSPS) is 11.9. The molecule has 1 aromatic rings. The van der Waals surface area contributed by atoms with Crippen LogP contribution in [0.1, 0.15) is 37.8 Å². The summed E-state index contributed by atoms with van der Waals surface area (Å²) in [5, 5.41) is 16.7. The SMILES string of the molecule is CCC(NC(=O)CCCNC)c1cccc([N+](=O)[O-])c1. The number of benzene rings is 1. The second-order valence-corrected chi connectivity index (χ2v) is 4.59. The molecule has 6 heteroatoms. The van der Waals surface area contributed by atoms with Crippen molar-refractivity contribution in [1.82, 2.24) is 10.6 Å². The van der Waals surface area contributed by atoms with E-state index in [0.717, 1.165) is 18.5 Å². The van der Waals surface area contributed by atoms with Crippen molar-refractivity contribution in [3.8, 4) is 0 Å². The third-order valence-corrected chi connectivity index (χ3v) is 3.06. The topological polar surface area (TPSA) is 84.3 Å². The molecule has 0 saturated heterocycles. The van der Waals surface area contributed by atoms with Crippen LogP contribution >= 0.6 is 0 Å². The molecular formula is C14H21N3O3. The molecule has 6 nitrogen and oxygen atoms in total. The van der Waals surface area contributed by atoms with Crippen molar-refractivity contribution in [3.63, 3.8) is 0 Å². The van der Waals surface area contributed by atoms with Gasteiger partial charge in [-0.15, -0.1) is 0 Å². The van der Waals surface area contributed by atoms with Crippen LogP contribution in [0.25, 0.3) is 0 Å². The molecule has 0 radical (unpaired) electrons. The molecule has 0 saturated carbocycles. The zero-order valence-electron chi connectivity index (χ0n) is 11.9. The van der Waals surface area contributed by atoms with Gasteiger partial charge in [0.25, 0.3) is 5.69 Å². The summed E-state index contributed by atoms with van der Waals surface area (Å²) in [5.41, 5.74) is 0.814. The Hall–Kier alpha value is -1.95. The first-order valence-corrected chi connectivity index (χ1v) is 6.76. The molecule has 1 aromatic carbocycles. The third-order valence-electron chi connectivity index (χ3n) is 3.06. The van der Waals surface area contributed by atoms with Gasteiger partial charge in [-0.2, -0.15) is 0 Å². The Labute approximate surface area is 118 Å². The monoisotopic (exact) mass is 279 g/mol. The first kappa shape index (κ1) is 16.1. The summed E-state index contributed by atoms with van der Waals surface area (Å²) in [4.78, 5) is 22.2. The lowest BCUT2D eigenvalue weighted by molar-refractivity contribution is -0.384. The van der Waals surface area contributed by atoms with E-state index in [9.17, 15) is 14.9 Å². The van der Waals surface area contributed by atoms with Crippen molar-refractivity contribution in [2.24, 2.45) is 0 Å². The van der Waals surface area contributed by atoms with Gasteiger partial charge in [0.05, 0.1) is 11.0 Å². The largest absolute Gasteiger partial charge is 0.349 e. The number of carbonyl (C=O) groups excluding carboxylic acids is 1. The average Bonchev–Trinajstić information content (AvgIpc) is 2.45. The maximum absolute atomic E-state index is 11.8. The predicted molar refractivity (Wildman–Crippen MR) is 77.4 cm³/mol. The molecule has 0 heterocycles. The van der Waals surface area contributed by atoms with Gasteiger partial charge in [0, 0.05) is 18.6 Å². The van der Waals surface area contributed by atoms with Gasteiger partial charge in [0.15, 0.2) is 0 Å². The first-order chi connectivity index (χ1) is 9.58. The fourth-order valence-corrected chi connectivity index (χ4v) is 1.97. The number of nitrogens with one attached hydrogen (secondary N) is 2. The van der Waals surface area contributed by atoms with Gasteiger partial charge >= 0.3 is 0 Å². The van der Waals surface area contributed by atoms with Crippen LogP contribution in [-0.2, 0) is 4.79 Å².